The molecule has 140 valence electrons. The summed E-state index contributed by atoms with van der Waals surface area (Å²) in [4.78, 5) is 2.41. The van der Waals surface area contributed by atoms with Gasteiger partial charge in [0, 0.05) is 21.3 Å². The van der Waals surface area contributed by atoms with Gasteiger partial charge in [-0.15, -0.1) is 23.5 Å². The zero-order valence-electron chi connectivity index (χ0n) is 15.1. The molecule has 0 amide bonds. The number of rotatable bonds is 12. The highest BCUT2D eigenvalue weighted by molar-refractivity contribution is 8.00. The van der Waals surface area contributed by atoms with Crippen molar-refractivity contribution < 1.29 is 14.6 Å². The molecule has 0 saturated heterocycles. The van der Waals surface area contributed by atoms with Crippen LogP contribution < -0.4 is 9.47 Å². The second-order valence-electron chi connectivity index (χ2n) is 5.69. The molecule has 0 fully saturated rings. The van der Waals surface area contributed by atoms with Crippen LogP contribution in [0.25, 0.3) is 0 Å². The van der Waals surface area contributed by atoms with E-state index in [1.807, 2.05) is 36.4 Å². The number of thioether (sulfide) groups is 2. The Morgan fingerprint density at radius 1 is 0.846 bits per heavy atom. The number of aliphatic hydroxyl groups is 1. The molecule has 0 radical (unpaired) electrons. The first-order valence-corrected chi connectivity index (χ1v) is 10.7. The minimum atomic E-state index is 0.0302. The van der Waals surface area contributed by atoms with Gasteiger partial charge in [-0.05, 0) is 55.0 Å². The van der Waals surface area contributed by atoms with Crippen molar-refractivity contribution >= 4 is 23.5 Å². The third-order valence-electron chi connectivity index (χ3n) is 3.37. The molecule has 0 aliphatic rings. The van der Waals surface area contributed by atoms with Crippen molar-refractivity contribution in [2.75, 3.05) is 31.3 Å². The quantitative estimate of drug-likeness (QED) is 0.394. The summed E-state index contributed by atoms with van der Waals surface area (Å²) in [5.41, 5.74) is 1.20. The minimum absolute atomic E-state index is 0.0302. The first-order valence-electron chi connectivity index (χ1n) is 8.70. The molecule has 2 aromatic carbocycles. The molecule has 26 heavy (non-hydrogen) atoms. The van der Waals surface area contributed by atoms with Gasteiger partial charge in [0.2, 0.25) is 0 Å². The molecule has 0 aromatic heterocycles. The summed E-state index contributed by atoms with van der Waals surface area (Å²) in [7, 11) is 0. The smallest absolute Gasteiger partial charge is 0.119 e. The van der Waals surface area contributed by atoms with Crippen LogP contribution in [0.5, 0.6) is 11.5 Å². The van der Waals surface area contributed by atoms with Crippen LogP contribution in [0.3, 0.4) is 0 Å². The van der Waals surface area contributed by atoms with Crippen LogP contribution in [-0.4, -0.2) is 36.4 Å². The summed E-state index contributed by atoms with van der Waals surface area (Å²) >= 11 is 3.57. The van der Waals surface area contributed by atoms with E-state index >= 15 is 0 Å². The lowest BCUT2D eigenvalue weighted by Gasteiger charge is -2.08. The summed E-state index contributed by atoms with van der Waals surface area (Å²) in [5.74, 6) is 3.50. The third kappa shape index (κ3) is 7.77. The number of aliphatic hydroxyl groups excluding tert-OH is 1. The molecule has 0 heterocycles. The van der Waals surface area contributed by atoms with Gasteiger partial charge < -0.3 is 14.6 Å². The fraction of sp³-hybridized carbons (Fsp3) is 0.333. The van der Waals surface area contributed by atoms with Crippen LogP contribution in [0.15, 0.2) is 70.5 Å². The first-order chi connectivity index (χ1) is 12.7. The van der Waals surface area contributed by atoms with E-state index in [1.165, 1.54) is 15.4 Å². The van der Waals surface area contributed by atoms with Crippen LogP contribution in [-0.2, 0) is 0 Å². The number of ether oxygens (including phenoxy) is 2. The Hall–Kier alpha value is -1.56. The Morgan fingerprint density at radius 3 is 1.73 bits per heavy atom. The van der Waals surface area contributed by atoms with Gasteiger partial charge in [0.1, 0.15) is 18.1 Å². The fourth-order valence-corrected chi connectivity index (χ4v) is 3.79. The average molecular weight is 391 g/mol. The van der Waals surface area contributed by atoms with E-state index in [0.717, 1.165) is 36.0 Å². The largest absolute Gasteiger partial charge is 0.494 e. The fourth-order valence-electron chi connectivity index (χ4n) is 2.06. The Balaban J connectivity index is 1.70. The Kier molecular flexibility index (Phi) is 9.53. The molecule has 0 unspecified atom stereocenters. The first kappa shape index (κ1) is 20.7. The maximum atomic E-state index is 8.76. The second kappa shape index (κ2) is 11.9. The van der Waals surface area contributed by atoms with Gasteiger partial charge in [0.05, 0.1) is 13.2 Å². The summed E-state index contributed by atoms with van der Waals surface area (Å²) in [5, 5.41) is 8.76. The van der Waals surface area contributed by atoms with Crippen molar-refractivity contribution in [3.63, 3.8) is 0 Å². The van der Waals surface area contributed by atoms with Crippen LogP contribution >= 0.6 is 23.5 Å². The van der Waals surface area contributed by atoms with Crippen LogP contribution in [0.1, 0.15) is 13.3 Å². The van der Waals surface area contributed by atoms with E-state index in [4.69, 9.17) is 14.6 Å². The summed E-state index contributed by atoms with van der Waals surface area (Å²) in [6.45, 7) is 7.40. The zero-order valence-corrected chi connectivity index (χ0v) is 16.8. The normalized spacial score (nSPS) is 10.5. The van der Waals surface area contributed by atoms with Gasteiger partial charge in [-0.1, -0.05) is 19.1 Å². The Bertz CT molecular complexity index is 596. The van der Waals surface area contributed by atoms with E-state index in [1.54, 1.807) is 23.5 Å². The topological polar surface area (TPSA) is 38.7 Å². The molecule has 0 aliphatic carbocycles. The van der Waals surface area contributed by atoms with Gasteiger partial charge in [0.25, 0.3) is 0 Å². The number of benzene rings is 2. The lowest BCUT2D eigenvalue weighted by molar-refractivity contribution is 0.201. The maximum Gasteiger partial charge on any atom is 0.119 e. The molecule has 0 aliphatic heterocycles. The van der Waals surface area contributed by atoms with E-state index in [2.05, 4.69) is 25.6 Å². The van der Waals surface area contributed by atoms with Crippen molar-refractivity contribution in [2.24, 2.45) is 0 Å². The molecule has 0 bridgehead atoms. The van der Waals surface area contributed by atoms with E-state index in [0.29, 0.717) is 6.61 Å². The van der Waals surface area contributed by atoms with Crippen LogP contribution in [0, 0.1) is 0 Å². The summed E-state index contributed by atoms with van der Waals surface area (Å²) < 4.78 is 11.0. The second-order valence-corrected chi connectivity index (χ2v) is 7.79. The molecular formula is C21H26O3S2. The molecule has 0 atom stereocenters. The van der Waals surface area contributed by atoms with E-state index in [9.17, 15) is 0 Å². The number of hydrogen-bond acceptors (Lipinski definition) is 5. The van der Waals surface area contributed by atoms with Crippen molar-refractivity contribution in [3.05, 3.63) is 60.7 Å². The highest BCUT2D eigenvalue weighted by Gasteiger charge is 2.02. The van der Waals surface area contributed by atoms with Crippen LogP contribution in [0.2, 0.25) is 0 Å². The Morgan fingerprint density at radius 2 is 1.31 bits per heavy atom. The SMILES string of the molecule is C=C(CSc1ccc(OCCC)cc1)CSc1ccc(OCCO)cc1. The van der Waals surface area contributed by atoms with Gasteiger partial charge in [-0.2, -0.15) is 0 Å². The summed E-state index contributed by atoms with van der Waals surface area (Å²) in [6, 6.07) is 16.2. The van der Waals surface area contributed by atoms with Crippen LogP contribution in [0.4, 0.5) is 0 Å². The molecule has 2 aromatic rings. The zero-order chi connectivity index (χ0) is 18.6. The van der Waals surface area contributed by atoms with Gasteiger partial charge in [0.15, 0.2) is 0 Å². The van der Waals surface area contributed by atoms with Gasteiger partial charge in [-0.25, -0.2) is 0 Å². The van der Waals surface area contributed by atoms with Crippen molar-refractivity contribution in [1.82, 2.24) is 0 Å². The number of hydrogen-bond donors (Lipinski definition) is 1. The average Bonchev–Trinajstić information content (AvgIpc) is 2.69. The molecular weight excluding hydrogens is 364 g/mol. The molecule has 0 spiro atoms. The van der Waals surface area contributed by atoms with E-state index < -0.39 is 0 Å². The minimum Gasteiger partial charge on any atom is -0.494 e. The lowest BCUT2D eigenvalue weighted by Crippen LogP contribution is -2.01. The van der Waals surface area contributed by atoms with E-state index in [-0.39, 0.29) is 6.61 Å². The predicted molar refractivity (Wildman–Crippen MR) is 112 cm³/mol. The molecule has 5 heteroatoms. The maximum absolute atomic E-state index is 8.76. The molecule has 1 N–H and O–H groups in total. The Labute approximate surface area is 164 Å². The van der Waals surface area contributed by atoms with Crippen molar-refractivity contribution in [1.29, 1.82) is 0 Å². The highest BCUT2D eigenvalue weighted by atomic mass is 32.2. The molecule has 3 nitrogen and oxygen atoms in total. The van der Waals surface area contributed by atoms with Gasteiger partial charge >= 0.3 is 0 Å². The van der Waals surface area contributed by atoms with Crippen molar-refractivity contribution in [3.8, 4) is 11.5 Å². The summed E-state index contributed by atoms with van der Waals surface area (Å²) in [6.07, 6.45) is 1.02. The van der Waals surface area contributed by atoms with Gasteiger partial charge in [-0.3, -0.25) is 0 Å². The lowest BCUT2D eigenvalue weighted by atomic mass is 10.3. The molecule has 2 rings (SSSR count). The third-order valence-corrected chi connectivity index (χ3v) is 5.68. The molecule has 0 saturated carbocycles. The monoisotopic (exact) mass is 390 g/mol. The standard InChI is InChI=1S/C21H26O3S2/c1-3-13-23-18-4-8-20(9-5-18)25-15-17(2)16-26-21-10-6-19(7-11-21)24-14-12-22/h4-11,22H,2-3,12-16H2,1H3. The predicted octanol–water partition coefficient (Wildman–Crippen LogP) is 5.29. The highest BCUT2D eigenvalue weighted by Crippen LogP contribution is 2.27. The van der Waals surface area contributed by atoms with Crippen molar-refractivity contribution in [2.45, 2.75) is 23.1 Å².